The summed E-state index contributed by atoms with van der Waals surface area (Å²) in [6, 6.07) is 0. The van der Waals surface area contributed by atoms with Crippen LogP contribution in [0.1, 0.15) is 85.5 Å². The number of fused-ring (bicyclic) bond motifs is 5. The first-order valence-electron chi connectivity index (χ1n) is 10.7. The van der Waals surface area contributed by atoms with Crippen molar-refractivity contribution in [2.24, 2.45) is 34.0 Å². The Morgan fingerprint density at radius 1 is 0.840 bits per heavy atom. The van der Waals surface area contributed by atoms with Crippen LogP contribution in [0.4, 0.5) is 0 Å². The number of hydrogen-bond donors (Lipinski definition) is 3. The van der Waals surface area contributed by atoms with E-state index in [4.69, 9.17) is 0 Å². The van der Waals surface area contributed by atoms with Crippen LogP contribution in [0, 0.1) is 34.0 Å². The van der Waals surface area contributed by atoms with Crippen LogP contribution in [0.2, 0.25) is 0 Å². The molecule has 0 aromatic carbocycles. The summed E-state index contributed by atoms with van der Waals surface area (Å²) in [5.74, 6) is 1.94. The maximum atomic E-state index is 11.3. The van der Waals surface area contributed by atoms with E-state index in [0.29, 0.717) is 23.2 Å². The standard InChI is InChI=1S/C22H38O3/c1-14(23)22(25)12-8-18-16-6-9-19(2)13-15(24)5-10-20(19,3)17(16)7-11-21(18,22)4/h14-18,23-25H,5-13H2,1-4H3/t14-,15+,16+,17+,18+,19-,20+,21-,22+/m0/s1. The minimum atomic E-state index is -0.910. The molecule has 0 bridgehead atoms. The van der Waals surface area contributed by atoms with Crippen molar-refractivity contribution in [1.82, 2.24) is 0 Å². The van der Waals surface area contributed by atoms with E-state index in [-0.39, 0.29) is 16.9 Å². The third-order valence-electron chi connectivity index (χ3n) is 10.3. The summed E-state index contributed by atoms with van der Waals surface area (Å²) in [4.78, 5) is 0. The molecule has 0 aliphatic heterocycles. The number of rotatable bonds is 1. The number of aliphatic hydroxyl groups is 3. The highest BCUT2D eigenvalue weighted by atomic mass is 16.3. The van der Waals surface area contributed by atoms with E-state index in [0.717, 1.165) is 38.5 Å². The zero-order valence-corrected chi connectivity index (χ0v) is 16.6. The van der Waals surface area contributed by atoms with Crippen molar-refractivity contribution in [3.63, 3.8) is 0 Å². The molecular formula is C22H38O3. The highest BCUT2D eigenvalue weighted by Gasteiger charge is 2.67. The van der Waals surface area contributed by atoms with Crippen LogP contribution in [0.25, 0.3) is 0 Å². The van der Waals surface area contributed by atoms with Crippen molar-refractivity contribution in [2.75, 3.05) is 0 Å². The van der Waals surface area contributed by atoms with E-state index < -0.39 is 11.7 Å². The van der Waals surface area contributed by atoms with Crippen molar-refractivity contribution in [2.45, 2.75) is 103 Å². The van der Waals surface area contributed by atoms with E-state index in [2.05, 4.69) is 20.8 Å². The van der Waals surface area contributed by atoms with Gasteiger partial charge in [-0.05, 0) is 93.3 Å². The number of hydrogen-bond acceptors (Lipinski definition) is 3. The molecule has 0 unspecified atom stereocenters. The molecule has 3 nitrogen and oxygen atoms in total. The largest absolute Gasteiger partial charge is 0.393 e. The van der Waals surface area contributed by atoms with Crippen molar-refractivity contribution in [3.8, 4) is 0 Å². The van der Waals surface area contributed by atoms with Gasteiger partial charge >= 0.3 is 0 Å². The lowest BCUT2D eigenvalue weighted by Crippen LogP contribution is -2.61. The van der Waals surface area contributed by atoms with Gasteiger partial charge in [0.05, 0.1) is 17.8 Å². The molecule has 144 valence electrons. The molecule has 4 aliphatic rings. The Morgan fingerprint density at radius 3 is 2.12 bits per heavy atom. The van der Waals surface area contributed by atoms with E-state index in [1.54, 1.807) is 6.92 Å². The van der Waals surface area contributed by atoms with Gasteiger partial charge in [-0.25, -0.2) is 0 Å². The molecule has 0 aromatic rings. The third-order valence-corrected chi connectivity index (χ3v) is 10.3. The summed E-state index contributed by atoms with van der Waals surface area (Å²) in [6.07, 6.45) is 8.78. The van der Waals surface area contributed by atoms with Crippen molar-refractivity contribution < 1.29 is 15.3 Å². The molecule has 4 rings (SSSR count). The summed E-state index contributed by atoms with van der Waals surface area (Å²) in [5, 5.41) is 31.9. The summed E-state index contributed by atoms with van der Waals surface area (Å²) in [6.45, 7) is 8.98. The molecule has 4 aliphatic carbocycles. The Kier molecular flexibility index (Phi) is 3.98. The van der Waals surface area contributed by atoms with Gasteiger partial charge < -0.3 is 15.3 Å². The second kappa shape index (κ2) is 5.45. The minimum absolute atomic E-state index is 0.115. The molecule has 0 amide bonds. The van der Waals surface area contributed by atoms with Crippen LogP contribution in [-0.4, -0.2) is 33.1 Å². The van der Waals surface area contributed by atoms with E-state index in [1.165, 1.54) is 19.3 Å². The molecule has 3 heteroatoms. The highest BCUT2D eigenvalue weighted by molar-refractivity contribution is 5.16. The zero-order valence-electron chi connectivity index (χ0n) is 16.6. The average molecular weight is 351 g/mol. The summed E-state index contributed by atoms with van der Waals surface area (Å²) in [5.41, 5.74) is -0.464. The van der Waals surface area contributed by atoms with E-state index >= 15 is 0 Å². The van der Waals surface area contributed by atoms with Crippen LogP contribution in [0.3, 0.4) is 0 Å². The third kappa shape index (κ3) is 2.15. The van der Waals surface area contributed by atoms with Crippen LogP contribution in [-0.2, 0) is 0 Å². The van der Waals surface area contributed by atoms with Crippen molar-refractivity contribution >= 4 is 0 Å². The number of aliphatic hydroxyl groups excluding tert-OH is 2. The SMILES string of the molecule is C[C@H](O)[C@]1(O)CC[C@@H]2[C@@H]3CC[C@@]4(C)C[C@H](O)CC[C@]4(C)[C@@H]3CC[C@@]21C. The summed E-state index contributed by atoms with van der Waals surface area (Å²) >= 11 is 0. The molecule has 4 saturated carbocycles. The molecule has 9 atom stereocenters. The lowest BCUT2D eigenvalue weighted by Gasteiger charge is -2.65. The van der Waals surface area contributed by atoms with Crippen LogP contribution in [0.5, 0.6) is 0 Å². The predicted molar refractivity (Wildman–Crippen MR) is 99.0 cm³/mol. The quantitative estimate of drug-likeness (QED) is 0.672. The second-order valence-electron chi connectivity index (χ2n) is 10.9. The topological polar surface area (TPSA) is 60.7 Å². The Morgan fingerprint density at radius 2 is 1.44 bits per heavy atom. The normalized spacial score (nSPS) is 59.6. The highest BCUT2D eigenvalue weighted by Crippen LogP contribution is 2.71. The van der Waals surface area contributed by atoms with E-state index in [9.17, 15) is 15.3 Å². The summed E-state index contributed by atoms with van der Waals surface area (Å²) < 4.78 is 0. The van der Waals surface area contributed by atoms with Gasteiger partial charge in [0, 0.05) is 5.41 Å². The maximum Gasteiger partial charge on any atom is 0.0958 e. The van der Waals surface area contributed by atoms with Crippen LogP contribution < -0.4 is 0 Å². The van der Waals surface area contributed by atoms with Crippen molar-refractivity contribution in [3.05, 3.63) is 0 Å². The van der Waals surface area contributed by atoms with E-state index in [1.807, 2.05) is 0 Å². The molecule has 0 saturated heterocycles. The fraction of sp³-hybridized carbons (Fsp3) is 1.00. The molecule has 4 fully saturated rings. The fourth-order valence-electron chi connectivity index (χ4n) is 8.35. The smallest absolute Gasteiger partial charge is 0.0958 e. The van der Waals surface area contributed by atoms with Gasteiger partial charge in [-0.3, -0.25) is 0 Å². The van der Waals surface area contributed by atoms with Gasteiger partial charge in [-0.2, -0.15) is 0 Å². The van der Waals surface area contributed by atoms with Gasteiger partial charge in [-0.1, -0.05) is 20.8 Å². The monoisotopic (exact) mass is 350 g/mol. The van der Waals surface area contributed by atoms with Gasteiger partial charge in [0.25, 0.3) is 0 Å². The molecule has 0 aromatic heterocycles. The molecule has 0 heterocycles. The molecule has 0 spiro atoms. The van der Waals surface area contributed by atoms with Gasteiger partial charge in [-0.15, -0.1) is 0 Å². The minimum Gasteiger partial charge on any atom is -0.393 e. The maximum absolute atomic E-state index is 11.3. The predicted octanol–water partition coefficient (Wildman–Crippen LogP) is 3.89. The van der Waals surface area contributed by atoms with Gasteiger partial charge in [0.2, 0.25) is 0 Å². The summed E-state index contributed by atoms with van der Waals surface area (Å²) in [7, 11) is 0. The average Bonchev–Trinajstić information content (AvgIpc) is 2.82. The fourth-order valence-corrected chi connectivity index (χ4v) is 8.35. The first-order chi connectivity index (χ1) is 11.6. The lowest BCUT2D eigenvalue weighted by molar-refractivity contribution is -0.203. The molecular weight excluding hydrogens is 312 g/mol. The first kappa shape index (κ1) is 18.3. The molecule has 3 N–H and O–H groups in total. The Hall–Kier alpha value is -0.120. The lowest BCUT2D eigenvalue weighted by atomic mass is 9.40. The Bertz CT molecular complexity index is 547. The Labute approximate surface area is 153 Å². The van der Waals surface area contributed by atoms with Gasteiger partial charge in [0.15, 0.2) is 0 Å². The van der Waals surface area contributed by atoms with Crippen LogP contribution >= 0.6 is 0 Å². The van der Waals surface area contributed by atoms with Crippen molar-refractivity contribution in [1.29, 1.82) is 0 Å². The Balaban J connectivity index is 1.67. The molecule has 25 heavy (non-hydrogen) atoms. The second-order valence-corrected chi connectivity index (χ2v) is 10.9. The van der Waals surface area contributed by atoms with Crippen LogP contribution in [0.15, 0.2) is 0 Å². The first-order valence-corrected chi connectivity index (χ1v) is 10.7. The molecule has 0 radical (unpaired) electrons. The zero-order chi connectivity index (χ0) is 18.3. The van der Waals surface area contributed by atoms with Gasteiger partial charge in [0.1, 0.15) is 0 Å².